The van der Waals surface area contributed by atoms with Crippen molar-refractivity contribution in [1.29, 1.82) is 0 Å². The maximum atomic E-state index is 6.16. The van der Waals surface area contributed by atoms with Crippen molar-refractivity contribution in [2.45, 2.75) is 0 Å². The van der Waals surface area contributed by atoms with Gasteiger partial charge in [-0.1, -0.05) is 170 Å². The highest BCUT2D eigenvalue weighted by atomic mass is 15.1. The number of fused-ring (bicyclic) bond motifs is 6. The largest absolute Gasteiger partial charge is 0.397 e. The van der Waals surface area contributed by atoms with Crippen LogP contribution in [0.2, 0.25) is 0 Å². The molecule has 0 atom stereocenters. The van der Waals surface area contributed by atoms with Crippen LogP contribution in [0.25, 0.3) is 127 Å². The zero-order valence-electron chi connectivity index (χ0n) is 39.5. The highest BCUT2D eigenvalue weighted by molar-refractivity contribution is 6.23. The minimum Gasteiger partial charge on any atom is -0.397 e. The van der Waals surface area contributed by atoms with E-state index in [4.69, 9.17) is 15.7 Å². The van der Waals surface area contributed by atoms with E-state index in [1.807, 2.05) is 48.7 Å². The number of aliphatic imine (C=N–C) groups is 1. The van der Waals surface area contributed by atoms with Gasteiger partial charge in [0.1, 0.15) is 11.6 Å². The number of anilines is 1. The minimum absolute atomic E-state index is 0.650. The predicted octanol–water partition coefficient (Wildman–Crippen LogP) is 17.2. The molecule has 0 aliphatic rings. The summed E-state index contributed by atoms with van der Waals surface area (Å²) in [6.45, 7) is 0. The van der Waals surface area contributed by atoms with Crippen molar-refractivity contribution < 1.29 is 0 Å². The molecule has 2 aromatic heterocycles. The second-order valence-electron chi connectivity index (χ2n) is 18.7. The van der Waals surface area contributed by atoms with E-state index in [-0.39, 0.29) is 0 Å². The second kappa shape index (κ2) is 17.2. The van der Waals surface area contributed by atoms with E-state index in [9.17, 15) is 0 Å². The number of benzene rings is 12. The lowest BCUT2D eigenvalue weighted by molar-refractivity contribution is 1.10. The smallest absolute Gasteiger partial charge is 0.145 e. The van der Waals surface area contributed by atoms with Crippen molar-refractivity contribution in [3.63, 3.8) is 0 Å². The summed E-state index contributed by atoms with van der Waals surface area (Å²) >= 11 is 0. The summed E-state index contributed by atoms with van der Waals surface area (Å²) in [5, 5.41) is 9.55. The van der Waals surface area contributed by atoms with Gasteiger partial charge in [0, 0.05) is 23.0 Å². The van der Waals surface area contributed by atoms with Crippen molar-refractivity contribution in [3.8, 4) is 61.8 Å². The topological polar surface area (TPSA) is 84.9 Å². The predicted molar refractivity (Wildman–Crippen MR) is 306 cm³/mol. The fraction of sp³-hybridized carbons (Fsp3) is 0. The number of nitrogen functional groups attached to an aromatic ring is 1. The first-order valence-corrected chi connectivity index (χ1v) is 24.6. The number of rotatable bonds is 8. The Hall–Kier alpha value is -9.91. The molecular weight excluding hydrogens is 889 g/mol. The Morgan fingerprint density at radius 2 is 0.959 bits per heavy atom. The molecule has 0 radical (unpaired) electrons. The number of hydrogen-bond acceptors (Lipinski definition) is 4. The molecule has 0 amide bonds. The molecule has 0 fully saturated rings. The normalized spacial score (nSPS) is 11.8. The molecule has 0 aliphatic carbocycles. The molecule has 342 valence electrons. The van der Waals surface area contributed by atoms with Crippen LogP contribution in [0.3, 0.4) is 0 Å². The van der Waals surface area contributed by atoms with Crippen LogP contribution in [-0.2, 0) is 0 Å². The van der Waals surface area contributed by atoms with E-state index >= 15 is 0 Å². The Labute approximate surface area is 421 Å². The maximum Gasteiger partial charge on any atom is 0.145 e. The van der Waals surface area contributed by atoms with Crippen LogP contribution < -0.4 is 5.73 Å². The number of aromatic amines is 1. The van der Waals surface area contributed by atoms with Crippen molar-refractivity contribution in [2.75, 3.05) is 5.73 Å². The summed E-state index contributed by atoms with van der Waals surface area (Å²) in [6, 6.07) is 86.4. The molecule has 0 bridgehead atoms. The van der Waals surface area contributed by atoms with Gasteiger partial charge in [0.05, 0.1) is 33.4 Å². The molecule has 0 saturated carbocycles. The fourth-order valence-corrected chi connectivity index (χ4v) is 10.7. The van der Waals surface area contributed by atoms with Gasteiger partial charge in [0.15, 0.2) is 0 Å². The molecule has 12 aromatic carbocycles. The standard InChI is InChI=1S/C67H44N6/c68-58-15-5-6-16-59(58)69-41-42-21-33-53(34-22-42)73-63-20-10-9-19-62(63)72-67(73)46-27-23-45(24-28-46)49-31-35-54-56(39-49)64(50-29-25-43-11-1-3-13-47(43)37-50)55-36-32-52(66-70-60-17-7-8-18-61(60)71-66)40-57(55)65(54)51-30-26-44-12-2-4-14-48(44)38-51/h1-41H,68H2,(H,70,71). The third-order valence-electron chi connectivity index (χ3n) is 14.3. The summed E-state index contributed by atoms with van der Waals surface area (Å²) in [6.07, 6.45) is 1.85. The molecule has 3 N–H and O–H groups in total. The highest BCUT2D eigenvalue weighted by Gasteiger charge is 2.21. The molecule has 6 nitrogen and oxygen atoms in total. The Balaban J connectivity index is 0.928. The van der Waals surface area contributed by atoms with Gasteiger partial charge in [-0.05, 0) is 155 Å². The second-order valence-corrected chi connectivity index (χ2v) is 18.7. The third-order valence-corrected chi connectivity index (χ3v) is 14.3. The number of hydrogen-bond donors (Lipinski definition) is 2. The first-order chi connectivity index (χ1) is 36.1. The van der Waals surface area contributed by atoms with Crippen LogP contribution in [0.4, 0.5) is 11.4 Å². The summed E-state index contributed by atoms with van der Waals surface area (Å²) in [5.74, 6) is 1.72. The molecule has 0 unspecified atom stereocenters. The fourth-order valence-electron chi connectivity index (χ4n) is 10.7. The van der Waals surface area contributed by atoms with Gasteiger partial charge in [0.25, 0.3) is 0 Å². The van der Waals surface area contributed by atoms with Crippen LogP contribution in [0, 0.1) is 0 Å². The lowest BCUT2D eigenvalue weighted by atomic mass is 9.83. The zero-order chi connectivity index (χ0) is 48.4. The molecule has 0 aliphatic heterocycles. The molecule has 73 heavy (non-hydrogen) atoms. The monoisotopic (exact) mass is 932 g/mol. The molecule has 2 heterocycles. The average molecular weight is 933 g/mol. The van der Waals surface area contributed by atoms with Crippen molar-refractivity contribution in [3.05, 3.63) is 248 Å². The van der Waals surface area contributed by atoms with Crippen molar-refractivity contribution >= 4 is 82.7 Å². The molecular formula is C67H44N6. The first-order valence-electron chi connectivity index (χ1n) is 24.6. The third kappa shape index (κ3) is 7.40. The molecule has 0 spiro atoms. The number of H-pyrrole nitrogens is 1. The summed E-state index contributed by atoms with van der Waals surface area (Å²) in [7, 11) is 0. The lowest BCUT2D eigenvalue weighted by Gasteiger charge is -2.20. The van der Waals surface area contributed by atoms with E-state index in [1.54, 1.807) is 0 Å². The molecule has 6 heteroatoms. The maximum absolute atomic E-state index is 6.16. The van der Waals surface area contributed by atoms with Crippen LogP contribution in [-0.4, -0.2) is 25.7 Å². The number of nitrogens with zero attached hydrogens (tertiary/aromatic N) is 4. The van der Waals surface area contributed by atoms with Crippen LogP contribution >= 0.6 is 0 Å². The van der Waals surface area contributed by atoms with E-state index in [1.165, 1.54) is 65.3 Å². The van der Waals surface area contributed by atoms with Gasteiger partial charge in [-0.15, -0.1) is 0 Å². The lowest BCUT2D eigenvalue weighted by Crippen LogP contribution is -1.98. The Bertz CT molecular complexity index is 4470. The van der Waals surface area contributed by atoms with Gasteiger partial charge >= 0.3 is 0 Å². The number of imidazole rings is 2. The van der Waals surface area contributed by atoms with Gasteiger partial charge < -0.3 is 10.7 Å². The van der Waals surface area contributed by atoms with Gasteiger partial charge in [-0.25, -0.2) is 9.97 Å². The Kier molecular flexibility index (Phi) is 9.89. The van der Waals surface area contributed by atoms with Gasteiger partial charge in [-0.3, -0.25) is 9.56 Å². The van der Waals surface area contributed by atoms with Crippen molar-refractivity contribution in [1.82, 2.24) is 19.5 Å². The SMILES string of the molecule is Nc1ccccc1N=Cc1ccc(-n2c(-c3ccc(-c4ccc5c(-c6ccc7ccccc7c6)c6cc(-c7nc8ccccc8[nH]7)ccc6c(-c6ccc7ccccc7c6)c5c4)cc3)nc3ccccc32)cc1. The first kappa shape index (κ1) is 42.0. The van der Waals surface area contributed by atoms with E-state index < -0.39 is 0 Å². The van der Waals surface area contributed by atoms with E-state index in [2.05, 4.69) is 215 Å². The Morgan fingerprint density at radius 3 is 1.64 bits per heavy atom. The minimum atomic E-state index is 0.650. The Morgan fingerprint density at radius 1 is 0.411 bits per heavy atom. The molecule has 14 aromatic rings. The van der Waals surface area contributed by atoms with Gasteiger partial charge in [-0.2, -0.15) is 0 Å². The number of nitrogens with one attached hydrogen (secondary N) is 1. The number of nitrogens with two attached hydrogens (primary N) is 1. The summed E-state index contributed by atoms with van der Waals surface area (Å²) < 4.78 is 2.24. The van der Waals surface area contributed by atoms with E-state index in [0.29, 0.717) is 5.69 Å². The summed E-state index contributed by atoms with van der Waals surface area (Å²) in [5.41, 5.74) is 22.5. The molecule has 0 saturated heterocycles. The number of para-hydroxylation sites is 6. The van der Waals surface area contributed by atoms with Crippen molar-refractivity contribution in [2.24, 2.45) is 4.99 Å². The van der Waals surface area contributed by atoms with Crippen LogP contribution in [0.5, 0.6) is 0 Å². The van der Waals surface area contributed by atoms with E-state index in [0.717, 1.165) is 72.9 Å². The average Bonchev–Trinajstić information content (AvgIpc) is 4.07. The highest BCUT2D eigenvalue weighted by Crippen LogP contribution is 2.47. The number of aromatic nitrogens is 4. The van der Waals surface area contributed by atoms with Gasteiger partial charge in [0.2, 0.25) is 0 Å². The quantitative estimate of drug-likeness (QED) is 0.0904. The zero-order valence-corrected chi connectivity index (χ0v) is 39.5. The summed E-state index contributed by atoms with van der Waals surface area (Å²) in [4.78, 5) is 18.5. The van der Waals surface area contributed by atoms with Crippen LogP contribution in [0.1, 0.15) is 5.56 Å². The molecule has 14 rings (SSSR count). The van der Waals surface area contributed by atoms with Crippen LogP contribution in [0.15, 0.2) is 248 Å².